The zero-order chi connectivity index (χ0) is 14.6. The lowest BCUT2D eigenvalue weighted by Crippen LogP contribution is -2.27. The van der Waals surface area contributed by atoms with Crippen LogP contribution in [0.5, 0.6) is 5.75 Å². The van der Waals surface area contributed by atoms with Gasteiger partial charge in [-0.15, -0.1) is 0 Å². The number of aryl methyl sites for hydroxylation is 1. The second kappa shape index (κ2) is 6.06. The molecule has 19 heavy (non-hydrogen) atoms. The second-order valence-corrected chi connectivity index (χ2v) is 5.54. The Morgan fingerprint density at radius 2 is 1.89 bits per heavy atom. The minimum atomic E-state index is -0.322. The van der Waals surface area contributed by atoms with Crippen LogP contribution in [0, 0.1) is 13.8 Å². The van der Waals surface area contributed by atoms with Gasteiger partial charge in [0.15, 0.2) is 0 Å². The van der Waals surface area contributed by atoms with Crippen molar-refractivity contribution in [3.05, 3.63) is 23.3 Å². The van der Waals surface area contributed by atoms with Crippen molar-refractivity contribution < 1.29 is 14.3 Å². The zero-order valence-electron chi connectivity index (χ0n) is 12.6. The smallest absolute Gasteiger partial charge is 0.250 e. The molecule has 4 heteroatoms. The summed E-state index contributed by atoms with van der Waals surface area (Å²) in [5, 5.41) is 2.84. The van der Waals surface area contributed by atoms with E-state index < -0.39 is 0 Å². The molecule has 1 amide bonds. The van der Waals surface area contributed by atoms with Gasteiger partial charge < -0.3 is 14.8 Å². The first kappa shape index (κ1) is 15.5. The highest BCUT2D eigenvalue weighted by atomic mass is 16.5. The molecule has 0 saturated heterocycles. The van der Waals surface area contributed by atoms with Crippen LogP contribution >= 0.6 is 0 Å². The predicted molar refractivity (Wildman–Crippen MR) is 76.8 cm³/mol. The van der Waals surface area contributed by atoms with Gasteiger partial charge in [0.25, 0.3) is 0 Å². The third-order valence-corrected chi connectivity index (χ3v) is 2.72. The Morgan fingerprint density at radius 3 is 2.42 bits per heavy atom. The fraction of sp³-hybridized carbons (Fsp3) is 0.533. The standard InChI is InChI=1S/C15H23NO3/c1-10-7-8-12(11(2)14(10)18-6)16-13(17)9-19-15(3,4)5/h7-8H,9H2,1-6H3,(H,16,17). The number of ether oxygens (including phenoxy) is 2. The van der Waals surface area contributed by atoms with Crippen molar-refractivity contribution in [2.45, 2.75) is 40.2 Å². The largest absolute Gasteiger partial charge is 0.496 e. The summed E-state index contributed by atoms with van der Waals surface area (Å²) in [6, 6.07) is 3.80. The summed E-state index contributed by atoms with van der Waals surface area (Å²) in [6.45, 7) is 9.69. The van der Waals surface area contributed by atoms with Crippen molar-refractivity contribution >= 4 is 11.6 Å². The zero-order valence-corrected chi connectivity index (χ0v) is 12.6. The Balaban J connectivity index is 2.75. The van der Waals surface area contributed by atoms with E-state index in [2.05, 4.69) is 5.32 Å². The Kier molecular flexibility index (Phi) is 4.95. The minimum Gasteiger partial charge on any atom is -0.496 e. The van der Waals surface area contributed by atoms with Crippen LogP contribution in [0.4, 0.5) is 5.69 Å². The fourth-order valence-corrected chi connectivity index (χ4v) is 1.74. The SMILES string of the molecule is COc1c(C)ccc(NC(=O)COC(C)(C)C)c1C. The van der Waals surface area contributed by atoms with Gasteiger partial charge in [-0.05, 0) is 46.2 Å². The summed E-state index contributed by atoms with van der Waals surface area (Å²) in [6.07, 6.45) is 0. The maximum absolute atomic E-state index is 11.8. The number of benzene rings is 1. The van der Waals surface area contributed by atoms with E-state index in [9.17, 15) is 4.79 Å². The average molecular weight is 265 g/mol. The van der Waals surface area contributed by atoms with Crippen LogP contribution in [0.2, 0.25) is 0 Å². The minimum absolute atomic E-state index is 0.0408. The van der Waals surface area contributed by atoms with Gasteiger partial charge in [-0.3, -0.25) is 4.79 Å². The molecule has 0 bridgehead atoms. The number of nitrogens with one attached hydrogen (secondary N) is 1. The van der Waals surface area contributed by atoms with Crippen LogP contribution in [0.25, 0.3) is 0 Å². The molecule has 1 rings (SSSR count). The van der Waals surface area contributed by atoms with Crippen molar-refractivity contribution in [3.63, 3.8) is 0 Å². The Labute approximate surface area is 115 Å². The second-order valence-electron chi connectivity index (χ2n) is 5.54. The number of methoxy groups -OCH3 is 1. The highest BCUT2D eigenvalue weighted by molar-refractivity contribution is 5.92. The molecule has 0 aromatic heterocycles. The number of rotatable bonds is 4. The van der Waals surface area contributed by atoms with Crippen LogP contribution in [-0.4, -0.2) is 25.2 Å². The molecule has 0 saturated carbocycles. The first-order chi connectivity index (χ1) is 8.74. The lowest BCUT2D eigenvalue weighted by atomic mass is 10.1. The highest BCUT2D eigenvalue weighted by Gasteiger charge is 2.14. The van der Waals surface area contributed by atoms with E-state index in [4.69, 9.17) is 9.47 Å². The van der Waals surface area contributed by atoms with Gasteiger partial charge in [0.05, 0.1) is 12.7 Å². The van der Waals surface area contributed by atoms with Crippen molar-refractivity contribution in [2.75, 3.05) is 19.0 Å². The summed E-state index contributed by atoms with van der Waals surface area (Å²) < 4.78 is 10.8. The third-order valence-electron chi connectivity index (χ3n) is 2.72. The highest BCUT2D eigenvalue weighted by Crippen LogP contribution is 2.29. The van der Waals surface area contributed by atoms with Gasteiger partial charge in [0.2, 0.25) is 5.91 Å². The molecule has 1 N–H and O–H groups in total. The molecule has 0 atom stereocenters. The van der Waals surface area contributed by atoms with Crippen molar-refractivity contribution in [3.8, 4) is 5.75 Å². The van der Waals surface area contributed by atoms with Gasteiger partial charge >= 0.3 is 0 Å². The van der Waals surface area contributed by atoms with Crippen molar-refractivity contribution in [1.82, 2.24) is 0 Å². The maximum atomic E-state index is 11.8. The van der Waals surface area contributed by atoms with Crippen LogP contribution in [0.1, 0.15) is 31.9 Å². The number of amides is 1. The fourth-order valence-electron chi connectivity index (χ4n) is 1.74. The lowest BCUT2D eigenvalue weighted by Gasteiger charge is -2.19. The molecule has 0 unspecified atom stereocenters. The Hall–Kier alpha value is -1.55. The van der Waals surface area contributed by atoms with Crippen LogP contribution in [0.3, 0.4) is 0 Å². The molecule has 0 aliphatic rings. The summed E-state index contributed by atoms with van der Waals surface area (Å²) in [7, 11) is 1.63. The van der Waals surface area contributed by atoms with Gasteiger partial charge in [-0.25, -0.2) is 0 Å². The van der Waals surface area contributed by atoms with Crippen molar-refractivity contribution in [2.24, 2.45) is 0 Å². The Bertz CT molecular complexity index is 461. The molecular weight excluding hydrogens is 242 g/mol. The topological polar surface area (TPSA) is 47.6 Å². The molecule has 0 heterocycles. The molecule has 0 fully saturated rings. The van der Waals surface area contributed by atoms with E-state index in [-0.39, 0.29) is 18.1 Å². The molecule has 0 aliphatic heterocycles. The van der Waals surface area contributed by atoms with Gasteiger partial charge in [0.1, 0.15) is 12.4 Å². The lowest BCUT2D eigenvalue weighted by molar-refractivity contribution is -0.125. The summed E-state index contributed by atoms with van der Waals surface area (Å²) in [5.74, 6) is 0.637. The number of anilines is 1. The summed E-state index contributed by atoms with van der Waals surface area (Å²) in [5.41, 5.74) is 2.40. The predicted octanol–water partition coefficient (Wildman–Crippen LogP) is 3.07. The molecule has 0 aliphatic carbocycles. The molecule has 0 spiro atoms. The molecule has 106 valence electrons. The molecule has 1 aromatic rings. The molecule has 0 radical (unpaired) electrons. The van der Waals surface area contributed by atoms with Gasteiger partial charge in [-0.1, -0.05) is 6.07 Å². The summed E-state index contributed by atoms with van der Waals surface area (Å²) in [4.78, 5) is 11.8. The van der Waals surface area contributed by atoms with E-state index in [0.717, 1.165) is 22.6 Å². The molecular formula is C15H23NO3. The van der Waals surface area contributed by atoms with Crippen LogP contribution in [0.15, 0.2) is 12.1 Å². The molecule has 1 aromatic carbocycles. The average Bonchev–Trinajstić information content (AvgIpc) is 2.30. The van der Waals surface area contributed by atoms with E-state index in [1.807, 2.05) is 46.8 Å². The van der Waals surface area contributed by atoms with E-state index in [1.165, 1.54) is 0 Å². The van der Waals surface area contributed by atoms with Gasteiger partial charge in [-0.2, -0.15) is 0 Å². The van der Waals surface area contributed by atoms with E-state index in [0.29, 0.717) is 0 Å². The monoisotopic (exact) mass is 265 g/mol. The maximum Gasteiger partial charge on any atom is 0.250 e. The normalized spacial score (nSPS) is 11.3. The third kappa shape index (κ3) is 4.56. The van der Waals surface area contributed by atoms with Crippen LogP contribution < -0.4 is 10.1 Å². The summed E-state index contributed by atoms with van der Waals surface area (Å²) >= 11 is 0. The Morgan fingerprint density at radius 1 is 1.26 bits per heavy atom. The van der Waals surface area contributed by atoms with Crippen molar-refractivity contribution in [1.29, 1.82) is 0 Å². The van der Waals surface area contributed by atoms with E-state index >= 15 is 0 Å². The first-order valence-corrected chi connectivity index (χ1v) is 6.32. The first-order valence-electron chi connectivity index (χ1n) is 6.32. The van der Waals surface area contributed by atoms with Crippen LogP contribution in [-0.2, 0) is 9.53 Å². The number of hydrogen-bond donors (Lipinski definition) is 1. The van der Waals surface area contributed by atoms with Gasteiger partial charge in [0, 0.05) is 11.3 Å². The number of carbonyl (C=O) groups is 1. The quantitative estimate of drug-likeness (QED) is 0.910. The molecule has 4 nitrogen and oxygen atoms in total. The number of hydrogen-bond acceptors (Lipinski definition) is 3. The van der Waals surface area contributed by atoms with E-state index in [1.54, 1.807) is 7.11 Å². The number of carbonyl (C=O) groups excluding carboxylic acids is 1.